The molecule has 1 aromatic heterocycles. The number of hydrogen-bond donors (Lipinski definition) is 2. The van der Waals surface area contributed by atoms with Gasteiger partial charge in [0, 0.05) is 16.4 Å². The molecular formula is C15H17ClN2OS. The number of anilines is 1. The van der Waals surface area contributed by atoms with Crippen LogP contribution < -0.4 is 11.1 Å². The van der Waals surface area contributed by atoms with E-state index in [2.05, 4.69) is 5.32 Å². The summed E-state index contributed by atoms with van der Waals surface area (Å²) in [7, 11) is 0. The summed E-state index contributed by atoms with van der Waals surface area (Å²) in [5, 5.41) is 4.12. The highest BCUT2D eigenvalue weighted by molar-refractivity contribution is 7.19. The zero-order valence-corrected chi connectivity index (χ0v) is 13.1. The maximum Gasteiger partial charge on any atom is 0.254 e. The van der Waals surface area contributed by atoms with E-state index in [1.54, 1.807) is 0 Å². The summed E-state index contributed by atoms with van der Waals surface area (Å²) >= 11 is 7.33. The third kappa shape index (κ3) is 2.97. The van der Waals surface area contributed by atoms with Crippen LogP contribution in [0.4, 0.5) is 5.00 Å². The second-order valence-electron chi connectivity index (χ2n) is 4.56. The molecule has 1 aromatic carbocycles. The summed E-state index contributed by atoms with van der Waals surface area (Å²) < 4.78 is 0. The lowest BCUT2D eigenvalue weighted by atomic mass is 10.1. The van der Waals surface area contributed by atoms with Crippen LogP contribution in [0, 0.1) is 6.92 Å². The number of nitrogen functional groups attached to an aromatic ring is 1. The average Bonchev–Trinajstić information content (AvgIpc) is 2.72. The highest BCUT2D eigenvalue weighted by Gasteiger charge is 2.19. The number of nitrogens with two attached hydrogens (primary N) is 1. The molecule has 1 amide bonds. The van der Waals surface area contributed by atoms with E-state index in [9.17, 15) is 4.79 Å². The van der Waals surface area contributed by atoms with Gasteiger partial charge in [0.25, 0.3) is 5.91 Å². The maximum absolute atomic E-state index is 12.1. The van der Waals surface area contributed by atoms with Crippen LogP contribution in [0.3, 0.4) is 0 Å². The minimum Gasteiger partial charge on any atom is -0.390 e. The molecule has 2 aromatic rings. The summed E-state index contributed by atoms with van der Waals surface area (Å²) in [5.41, 5.74) is 8.55. The maximum atomic E-state index is 12.1. The summed E-state index contributed by atoms with van der Waals surface area (Å²) in [6.07, 6.45) is 0.902. The largest absolute Gasteiger partial charge is 0.390 e. The minimum absolute atomic E-state index is 0.0988. The van der Waals surface area contributed by atoms with Gasteiger partial charge < -0.3 is 11.1 Å². The SMILES string of the molecule is CCCNC(=O)c1c(N)sc(-c2ccc(Cl)cc2)c1C. The van der Waals surface area contributed by atoms with Crippen molar-refractivity contribution in [2.24, 2.45) is 0 Å². The molecule has 20 heavy (non-hydrogen) atoms. The lowest BCUT2D eigenvalue weighted by molar-refractivity contribution is 0.0954. The second-order valence-corrected chi connectivity index (χ2v) is 6.05. The zero-order chi connectivity index (χ0) is 14.7. The molecule has 0 fully saturated rings. The Morgan fingerprint density at radius 1 is 1.35 bits per heavy atom. The fraction of sp³-hybridized carbons (Fsp3) is 0.267. The van der Waals surface area contributed by atoms with Gasteiger partial charge in [0.1, 0.15) is 0 Å². The first-order chi connectivity index (χ1) is 9.54. The van der Waals surface area contributed by atoms with E-state index in [0.29, 0.717) is 22.1 Å². The average molecular weight is 309 g/mol. The molecule has 5 heteroatoms. The zero-order valence-electron chi connectivity index (χ0n) is 11.5. The Bertz CT molecular complexity index is 620. The molecule has 1 heterocycles. The van der Waals surface area contributed by atoms with Crippen LogP contribution in [0.25, 0.3) is 10.4 Å². The number of carbonyl (C=O) groups excluding carboxylic acids is 1. The van der Waals surface area contributed by atoms with E-state index in [0.717, 1.165) is 22.4 Å². The quantitative estimate of drug-likeness (QED) is 0.893. The summed E-state index contributed by atoms with van der Waals surface area (Å²) in [6, 6.07) is 7.55. The Kier molecular flexibility index (Phi) is 4.68. The van der Waals surface area contributed by atoms with Crippen LogP contribution in [0.1, 0.15) is 29.3 Å². The lowest BCUT2D eigenvalue weighted by Gasteiger charge is -2.05. The Labute approximate surface area is 127 Å². The Morgan fingerprint density at radius 2 is 2.00 bits per heavy atom. The van der Waals surface area contributed by atoms with Gasteiger partial charge in [-0.25, -0.2) is 0 Å². The molecular weight excluding hydrogens is 292 g/mol. The number of nitrogens with one attached hydrogen (secondary N) is 1. The molecule has 0 atom stereocenters. The predicted molar refractivity (Wildman–Crippen MR) is 86.5 cm³/mol. The van der Waals surface area contributed by atoms with Gasteiger partial charge in [-0.05, 0) is 36.6 Å². The van der Waals surface area contributed by atoms with Gasteiger partial charge in [-0.1, -0.05) is 30.7 Å². The van der Waals surface area contributed by atoms with E-state index in [4.69, 9.17) is 17.3 Å². The van der Waals surface area contributed by atoms with Crippen molar-refractivity contribution in [3.05, 3.63) is 40.4 Å². The van der Waals surface area contributed by atoms with E-state index in [1.165, 1.54) is 11.3 Å². The Hall–Kier alpha value is -1.52. The molecule has 2 rings (SSSR count). The van der Waals surface area contributed by atoms with Crippen molar-refractivity contribution in [1.29, 1.82) is 0 Å². The van der Waals surface area contributed by atoms with Gasteiger partial charge >= 0.3 is 0 Å². The number of thiophene rings is 1. The number of halogens is 1. The molecule has 0 bridgehead atoms. The molecule has 3 N–H and O–H groups in total. The van der Waals surface area contributed by atoms with Crippen LogP contribution in [0.5, 0.6) is 0 Å². The van der Waals surface area contributed by atoms with Crippen LogP contribution in [-0.2, 0) is 0 Å². The van der Waals surface area contributed by atoms with Gasteiger partial charge in [-0.3, -0.25) is 4.79 Å². The normalized spacial score (nSPS) is 10.6. The van der Waals surface area contributed by atoms with Gasteiger partial charge in [-0.15, -0.1) is 11.3 Å². The molecule has 0 radical (unpaired) electrons. The van der Waals surface area contributed by atoms with Crippen molar-refractivity contribution in [1.82, 2.24) is 5.32 Å². The number of amides is 1. The summed E-state index contributed by atoms with van der Waals surface area (Å²) in [5.74, 6) is -0.0988. The Morgan fingerprint density at radius 3 is 2.60 bits per heavy atom. The van der Waals surface area contributed by atoms with Crippen molar-refractivity contribution >= 4 is 33.8 Å². The Balaban J connectivity index is 2.38. The van der Waals surface area contributed by atoms with Crippen LogP contribution in [0.2, 0.25) is 5.02 Å². The third-order valence-electron chi connectivity index (χ3n) is 3.04. The van der Waals surface area contributed by atoms with Crippen molar-refractivity contribution in [2.75, 3.05) is 12.3 Å². The number of hydrogen-bond acceptors (Lipinski definition) is 3. The van der Waals surface area contributed by atoms with Crippen molar-refractivity contribution in [3.63, 3.8) is 0 Å². The van der Waals surface area contributed by atoms with Gasteiger partial charge in [0.2, 0.25) is 0 Å². The molecule has 0 saturated heterocycles. The molecule has 3 nitrogen and oxygen atoms in total. The summed E-state index contributed by atoms with van der Waals surface area (Å²) in [6.45, 7) is 4.60. The molecule has 0 aliphatic heterocycles. The van der Waals surface area contributed by atoms with Gasteiger partial charge in [0.15, 0.2) is 0 Å². The van der Waals surface area contributed by atoms with Gasteiger partial charge in [0.05, 0.1) is 10.6 Å². The van der Waals surface area contributed by atoms with E-state index in [1.807, 2.05) is 38.1 Å². The molecule has 0 saturated carbocycles. The standard InChI is InChI=1S/C15H17ClN2OS/c1-3-8-18-15(19)12-9(2)13(20-14(12)17)10-4-6-11(16)7-5-10/h4-7H,3,8,17H2,1-2H3,(H,18,19). The number of benzene rings is 1. The third-order valence-corrected chi connectivity index (χ3v) is 4.47. The van der Waals surface area contributed by atoms with Crippen LogP contribution in [0.15, 0.2) is 24.3 Å². The van der Waals surface area contributed by atoms with E-state index in [-0.39, 0.29) is 5.91 Å². The number of carbonyl (C=O) groups is 1. The highest BCUT2D eigenvalue weighted by Crippen LogP contribution is 2.38. The van der Waals surface area contributed by atoms with Crippen LogP contribution >= 0.6 is 22.9 Å². The lowest BCUT2D eigenvalue weighted by Crippen LogP contribution is -2.24. The molecule has 0 aliphatic rings. The molecule has 0 aliphatic carbocycles. The van der Waals surface area contributed by atoms with Crippen molar-refractivity contribution in [3.8, 4) is 10.4 Å². The minimum atomic E-state index is -0.0988. The first kappa shape index (κ1) is 14.9. The summed E-state index contributed by atoms with van der Waals surface area (Å²) in [4.78, 5) is 13.2. The fourth-order valence-electron chi connectivity index (χ4n) is 2.02. The topological polar surface area (TPSA) is 55.1 Å². The number of rotatable bonds is 4. The predicted octanol–water partition coefficient (Wildman–Crippen LogP) is 4.10. The monoisotopic (exact) mass is 308 g/mol. The second kappa shape index (κ2) is 6.29. The smallest absolute Gasteiger partial charge is 0.254 e. The van der Waals surface area contributed by atoms with Crippen LogP contribution in [-0.4, -0.2) is 12.5 Å². The molecule has 0 spiro atoms. The van der Waals surface area contributed by atoms with Gasteiger partial charge in [-0.2, -0.15) is 0 Å². The fourth-order valence-corrected chi connectivity index (χ4v) is 3.22. The van der Waals surface area contributed by atoms with Crippen molar-refractivity contribution in [2.45, 2.75) is 20.3 Å². The van der Waals surface area contributed by atoms with Crippen molar-refractivity contribution < 1.29 is 4.79 Å². The van der Waals surface area contributed by atoms with E-state index < -0.39 is 0 Å². The van der Waals surface area contributed by atoms with E-state index >= 15 is 0 Å². The molecule has 106 valence electrons. The highest BCUT2D eigenvalue weighted by atomic mass is 35.5. The molecule has 0 unspecified atom stereocenters. The first-order valence-corrected chi connectivity index (χ1v) is 7.67. The first-order valence-electron chi connectivity index (χ1n) is 6.47.